The van der Waals surface area contributed by atoms with Gasteiger partial charge in [0, 0.05) is 12.1 Å². The lowest BCUT2D eigenvalue weighted by atomic mass is 9.74. The second kappa shape index (κ2) is 8.97. The van der Waals surface area contributed by atoms with E-state index in [-0.39, 0.29) is 0 Å². The number of hydrogen-bond acceptors (Lipinski definition) is 2. The summed E-state index contributed by atoms with van der Waals surface area (Å²) in [5.41, 5.74) is 6.56. The van der Waals surface area contributed by atoms with Crippen LogP contribution in [0.15, 0.2) is 0 Å². The van der Waals surface area contributed by atoms with E-state index in [1.165, 1.54) is 70.9 Å². The molecule has 0 atom stereocenters. The van der Waals surface area contributed by atoms with E-state index in [0.717, 1.165) is 12.5 Å². The number of nitrogens with zero attached hydrogens (tertiary/aromatic N) is 1. The molecule has 0 aromatic carbocycles. The molecule has 1 aliphatic rings. The number of rotatable bonds is 9. The third-order valence-electron chi connectivity index (χ3n) is 5.23. The number of hydrogen-bond donors (Lipinski definition) is 1. The van der Waals surface area contributed by atoms with Crippen molar-refractivity contribution in [2.45, 2.75) is 84.1 Å². The molecule has 0 amide bonds. The van der Waals surface area contributed by atoms with E-state index in [1.54, 1.807) is 0 Å². The molecule has 114 valence electrons. The first-order valence-corrected chi connectivity index (χ1v) is 8.67. The Hall–Kier alpha value is -0.0800. The molecular weight excluding hydrogens is 232 g/mol. The second-order valence-corrected chi connectivity index (χ2v) is 6.47. The van der Waals surface area contributed by atoms with Crippen molar-refractivity contribution in [2.75, 3.05) is 19.6 Å². The van der Waals surface area contributed by atoms with Crippen LogP contribution < -0.4 is 5.73 Å². The SMILES string of the molecule is CCCCN(CCCC)C1(CN)CCC(CC)CC1. The molecule has 19 heavy (non-hydrogen) atoms. The first-order valence-electron chi connectivity index (χ1n) is 8.67. The van der Waals surface area contributed by atoms with Crippen LogP contribution in [0, 0.1) is 5.92 Å². The largest absolute Gasteiger partial charge is 0.329 e. The molecule has 0 aromatic rings. The van der Waals surface area contributed by atoms with E-state index in [1.807, 2.05) is 0 Å². The molecule has 0 aromatic heterocycles. The monoisotopic (exact) mass is 268 g/mol. The first-order chi connectivity index (χ1) is 9.22. The van der Waals surface area contributed by atoms with E-state index >= 15 is 0 Å². The highest BCUT2D eigenvalue weighted by atomic mass is 15.2. The molecular formula is C17H36N2. The van der Waals surface area contributed by atoms with Crippen molar-refractivity contribution in [3.63, 3.8) is 0 Å². The minimum absolute atomic E-state index is 0.329. The Labute approximate surface area is 121 Å². The molecule has 0 aliphatic heterocycles. The van der Waals surface area contributed by atoms with E-state index < -0.39 is 0 Å². The van der Waals surface area contributed by atoms with Gasteiger partial charge in [-0.1, -0.05) is 40.0 Å². The maximum Gasteiger partial charge on any atom is 0.0331 e. The maximum absolute atomic E-state index is 6.23. The van der Waals surface area contributed by atoms with Gasteiger partial charge in [-0.2, -0.15) is 0 Å². The quantitative estimate of drug-likeness (QED) is 0.679. The van der Waals surface area contributed by atoms with Gasteiger partial charge < -0.3 is 5.73 Å². The van der Waals surface area contributed by atoms with Crippen molar-refractivity contribution in [1.82, 2.24) is 4.90 Å². The summed E-state index contributed by atoms with van der Waals surface area (Å²) in [6.07, 6.45) is 12.0. The van der Waals surface area contributed by atoms with Gasteiger partial charge in [0.25, 0.3) is 0 Å². The Morgan fingerprint density at radius 1 is 1.00 bits per heavy atom. The fourth-order valence-electron chi connectivity index (χ4n) is 3.56. The van der Waals surface area contributed by atoms with Gasteiger partial charge >= 0.3 is 0 Å². The summed E-state index contributed by atoms with van der Waals surface area (Å²) < 4.78 is 0. The molecule has 0 bridgehead atoms. The van der Waals surface area contributed by atoms with Crippen LogP contribution in [0.1, 0.15) is 78.6 Å². The van der Waals surface area contributed by atoms with Gasteiger partial charge in [-0.3, -0.25) is 4.90 Å². The Kier molecular flexibility index (Phi) is 8.01. The maximum atomic E-state index is 6.23. The van der Waals surface area contributed by atoms with Crippen LogP contribution in [-0.2, 0) is 0 Å². The van der Waals surface area contributed by atoms with Gasteiger partial charge in [0.15, 0.2) is 0 Å². The van der Waals surface area contributed by atoms with Crippen LogP contribution >= 0.6 is 0 Å². The lowest BCUT2D eigenvalue weighted by Crippen LogP contribution is -2.56. The summed E-state index contributed by atoms with van der Waals surface area (Å²) >= 11 is 0. The van der Waals surface area contributed by atoms with Gasteiger partial charge in [0.2, 0.25) is 0 Å². The molecule has 1 saturated carbocycles. The van der Waals surface area contributed by atoms with Crippen molar-refractivity contribution in [2.24, 2.45) is 11.7 Å². The molecule has 0 saturated heterocycles. The molecule has 1 fully saturated rings. The fourth-order valence-corrected chi connectivity index (χ4v) is 3.56. The van der Waals surface area contributed by atoms with Crippen LogP contribution in [0.2, 0.25) is 0 Å². The van der Waals surface area contributed by atoms with E-state index in [9.17, 15) is 0 Å². The highest BCUT2D eigenvalue weighted by Gasteiger charge is 2.38. The Morgan fingerprint density at radius 3 is 1.89 bits per heavy atom. The second-order valence-electron chi connectivity index (χ2n) is 6.47. The van der Waals surface area contributed by atoms with Crippen molar-refractivity contribution >= 4 is 0 Å². The van der Waals surface area contributed by atoms with E-state index in [0.29, 0.717) is 5.54 Å². The van der Waals surface area contributed by atoms with Crippen molar-refractivity contribution in [3.8, 4) is 0 Å². The minimum Gasteiger partial charge on any atom is -0.329 e. The molecule has 2 nitrogen and oxygen atoms in total. The number of nitrogens with two attached hydrogens (primary N) is 1. The Balaban J connectivity index is 2.65. The zero-order chi connectivity index (χ0) is 14.1. The summed E-state index contributed by atoms with van der Waals surface area (Å²) in [5.74, 6) is 0.957. The molecule has 0 spiro atoms. The molecule has 0 heterocycles. The first kappa shape index (κ1) is 17.0. The number of unbranched alkanes of at least 4 members (excludes halogenated alkanes) is 2. The summed E-state index contributed by atoms with van der Waals surface area (Å²) in [7, 11) is 0. The predicted octanol–water partition coefficient (Wildman–Crippen LogP) is 4.19. The molecule has 1 aliphatic carbocycles. The predicted molar refractivity (Wildman–Crippen MR) is 85.4 cm³/mol. The molecule has 2 heteroatoms. The van der Waals surface area contributed by atoms with E-state index in [4.69, 9.17) is 5.73 Å². The molecule has 1 rings (SSSR count). The molecule has 0 unspecified atom stereocenters. The van der Waals surface area contributed by atoms with Crippen LogP contribution in [0.5, 0.6) is 0 Å². The highest BCUT2D eigenvalue weighted by molar-refractivity contribution is 4.95. The smallest absolute Gasteiger partial charge is 0.0331 e. The van der Waals surface area contributed by atoms with Gasteiger partial charge in [-0.05, 0) is 57.5 Å². The average Bonchev–Trinajstić information content (AvgIpc) is 2.47. The zero-order valence-corrected chi connectivity index (χ0v) is 13.6. The van der Waals surface area contributed by atoms with Gasteiger partial charge in [0.05, 0.1) is 0 Å². The van der Waals surface area contributed by atoms with Crippen molar-refractivity contribution in [1.29, 1.82) is 0 Å². The van der Waals surface area contributed by atoms with Crippen LogP contribution in [-0.4, -0.2) is 30.1 Å². The Bertz CT molecular complexity index is 211. The van der Waals surface area contributed by atoms with Crippen LogP contribution in [0.25, 0.3) is 0 Å². The van der Waals surface area contributed by atoms with Crippen molar-refractivity contribution < 1.29 is 0 Å². The topological polar surface area (TPSA) is 29.3 Å². The molecule has 2 N–H and O–H groups in total. The fraction of sp³-hybridized carbons (Fsp3) is 1.00. The normalized spacial score (nSPS) is 27.9. The summed E-state index contributed by atoms with van der Waals surface area (Å²) in [6, 6.07) is 0. The molecule has 0 radical (unpaired) electrons. The Morgan fingerprint density at radius 2 is 1.53 bits per heavy atom. The average molecular weight is 268 g/mol. The van der Waals surface area contributed by atoms with Gasteiger partial charge in [-0.15, -0.1) is 0 Å². The zero-order valence-electron chi connectivity index (χ0n) is 13.6. The van der Waals surface area contributed by atoms with E-state index in [2.05, 4.69) is 25.7 Å². The van der Waals surface area contributed by atoms with Crippen LogP contribution in [0.3, 0.4) is 0 Å². The lowest BCUT2D eigenvalue weighted by Gasteiger charge is -2.48. The summed E-state index contributed by atoms with van der Waals surface area (Å²) in [6.45, 7) is 10.3. The summed E-state index contributed by atoms with van der Waals surface area (Å²) in [4.78, 5) is 2.76. The minimum atomic E-state index is 0.329. The lowest BCUT2D eigenvalue weighted by molar-refractivity contribution is 0.0391. The van der Waals surface area contributed by atoms with Crippen LogP contribution in [0.4, 0.5) is 0 Å². The third-order valence-corrected chi connectivity index (χ3v) is 5.23. The standard InChI is InChI=1S/C17H36N2/c1-4-7-13-19(14-8-5-2)17(15-18)11-9-16(6-3)10-12-17/h16H,4-15,18H2,1-3H3. The van der Waals surface area contributed by atoms with Gasteiger partial charge in [0.1, 0.15) is 0 Å². The third kappa shape index (κ3) is 4.75. The summed E-state index contributed by atoms with van der Waals surface area (Å²) in [5, 5.41) is 0. The highest BCUT2D eigenvalue weighted by Crippen LogP contribution is 2.37. The van der Waals surface area contributed by atoms with Gasteiger partial charge in [-0.25, -0.2) is 0 Å². The van der Waals surface area contributed by atoms with Crippen molar-refractivity contribution in [3.05, 3.63) is 0 Å².